The number of fused-ring (bicyclic) bond motifs is 1. The number of phenols is 1. The van der Waals surface area contributed by atoms with Gasteiger partial charge in [0.15, 0.2) is 0 Å². The fraction of sp³-hybridized carbons (Fsp3) is 0.333. The van der Waals surface area contributed by atoms with E-state index >= 15 is 0 Å². The van der Waals surface area contributed by atoms with E-state index in [2.05, 4.69) is 4.98 Å². The van der Waals surface area contributed by atoms with Gasteiger partial charge in [0, 0.05) is 29.6 Å². The zero-order chi connectivity index (χ0) is 11.1. The lowest BCUT2D eigenvalue weighted by Crippen LogP contribution is -2.21. The van der Waals surface area contributed by atoms with E-state index in [9.17, 15) is 10.2 Å². The number of benzene rings is 1. The number of hydrogen-bond donors (Lipinski definition) is 3. The number of nitrogens with one attached hydrogen (secondary N) is 1. The first-order valence-electron chi connectivity index (χ1n) is 4.97. The molecule has 0 aliphatic carbocycles. The molecule has 15 heavy (non-hydrogen) atoms. The summed E-state index contributed by atoms with van der Waals surface area (Å²) in [7, 11) is 0. The van der Waals surface area contributed by atoms with E-state index < -0.39 is 5.60 Å². The van der Waals surface area contributed by atoms with Crippen LogP contribution in [0.25, 0.3) is 10.9 Å². The van der Waals surface area contributed by atoms with Gasteiger partial charge in [-0.3, -0.25) is 0 Å². The Morgan fingerprint density at radius 2 is 2.07 bits per heavy atom. The van der Waals surface area contributed by atoms with Gasteiger partial charge >= 0.3 is 0 Å². The molecule has 1 aromatic carbocycles. The van der Waals surface area contributed by atoms with E-state index in [4.69, 9.17) is 0 Å². The molecule has 2 aromatic rings. The summed E-state index contributed by atoms with van der Waals surface area (Å²) >= 11 is 0. The van der Waals surface area contributed by atoms with E-state index in [1.807, 2.05) is 12.3 Å². The van der Waals surface area contributed by atoms with Gasteiger partial charge in [0.05, 0.1) is 5.60 Å². The van der Waals surface area contributed by atoms with Gasteiger partial charge in [0.1, 0.15) is 5.75 Å². The fourth-order valence-corrected chi connectivity index (χ4v) is 1.79. The summed E-state index contributed by atoms with van der Waals surface area (Å²) in [6.07, 6.45) is 2.47. The van der Waals surface area contributed by atoms with Crippen LogP contribution in [0.4, 0.5) is 0 Å². The second-order valence-corrected chi connectivity index (χ2v) is 4.53. The summed E-state index contributed by atoms with van der Waals surface area (Å²) in [6, 6.07) is 5.20. The third kappa shape index (κ3) is 2.13. The summed E-state index contributed by atoms with van der Waals surface area (Å²) in [5.41, 5.74) is 1.25. The van der Waals surface area contributed by atoms with E-state index in [-0.39, 0.29) is 5.75 Å². The molecule has 0 amide bonds. The summed E-state index contributed by atoms with van der Waals surface area (Å²) in [4.78, 5) is 3.08. The summed E-state index contributed by atoms with van der Waals surface area (Å²) in [5, 5.41) is 20.1. The number of rotatable bonds is 2. The quantitative estimate of drug-likeness (QED) is 0.703. The lowest BCUT2D eigenvalue weighted by molar-refractivity contribution is 0.0813. The van der Waals surface area contributed by atoms with Crippen LogP contribution in [0.15, 0.2) is 24.4 Å². The summed E-state index contributed by atoms with van der Waals surface area (Å²) in [6.45, 7) is 3.57. The lowest BCUT2D eigenvalue weighted by atomic mass is 9.98. The molecule has 1 heterocycles. The maximum Gasteiger partial charge on any atom is 0.117 e. The van der Waals surface area contributed by atoms with Crippen molar-refractivity contribution in [3.8, 4) is 5.75 Å². The average molecular weight is 205 g/mol. The molecule has 0 bridgehead atoms. The largest absolute Gasteiger partial charge is 0.508 e. The van der Waals surface area contributed by atoms with Gasteiger partial charge < -0.3 is 15.2 Å². The second-order valence-electron chi connectivity index (χ2n) is 4.53. The van der Waals surface area contributed by atoms with Crippen molar-refractivity contribution >= 4 is 10.9 Å². The van der Waals surface area contributed by atoms with Crippen LogP contribution in [0.5, 0.6) is 5.75 Å². The van der Waals surface area contributed by atoms with Gasteiger partial charge in [-0.1, -0.05) is 0 Å². The first-order valence-corrected chi connectivity index (χ1v) is 4.97. The minimum atomic E-state index is -0.715. The smallest absolute Gasteiger partial charge is 0.117 e. The number of aromatic nitrogens is 1. The highest BCUT2D eigenvalue weighted by atomic mass is 16.3. The number of phenolic OH excluding ortho intramolecular Hbond substituents is 1. The Kier molecular flexibility index (Phi) is 2.20. The van der Waals surface area contributed by atoms with Crippen molar-refractivity contribution in [3.05, 3.63) is 30.0 Å². The highest BCUT2D eigenvalue weighted by molar-refractivity contribution is 5.84. The predicted octanol–water partition coefficient (Wildman–Crippen LogP) is 2.19. The van der Waals surface area contributed by atoms with Gasteiger partial charge in [-0.25, -0.2) is 0 Å². The minimum absolute atomic E-state index is 0.249. The van der Waals surface area contributed by atoms with Crippen molar-refractivity contribution in [3.63, 3.8) is 0 Å². The number of aromatic hydroxyl groups is 1. The van der Waals surface area contributed by atoms with Gasteiger partial charge in [0.2, 0.25) is 0 Å². The Morgan fingerprint density at radius 1 is 1.33 bits per heavy atom. The maximum absolute atomic E-state index is 9.74. The highest BCUT2D eigenvalue weighted by Gasteiger charge is 2.16. The number of hydrogen-bond acceptors (Lipinski definition) is 2. The van der Waals surface area contributed by atoms with Crippen LogP contribution in [-0.4, -0.2) is 20.8 Å². The molecular formula is C12H15NO2. The third-order valence-corrected chi connectivity index (χ3v) is 2.37. The molecular weight excluding hydrogens is 190 g/mol. The molecule has 0 unspecified atom stereocenters. The first kappa shape index (κ1) is 10.1. The number of aliphatic hydroxyl groups is 1. The molecule has 0 fully saturated rings. The van der Waals surface area contributed by atoms with Crippen LogP contribution in [0.2, 0.25) is 0 Å². The molecule has 1 aromatic heterocycles. The average Bonchev–Trinajstić information content (AvgIpc) is 2.45. The van der Waals surface area contributed by atoms with Crippen LogP contribution >= 0.6 is 0 Å². The maximum atomic E-state index is 9.74. The molecule has 3 heteroatoms. The topological polar surface area (TPSA) is 56.2 Å². The highest BCUT2D eigenvalue weighted by Crippen LogP contribution is 2.25. The second kappa shape index (κ2) is 3.28. The number of H-pyrrole nitrogens is 1. The van der Waals surface area contributed by atoms with Crippen molar-refractivity contribution in [2.45, 2.75) is 25.9 Å². The molecule has 0 aliphatic rings. The van der Waals surface area contributed by atoms with Gasteiger partial charge in [-0.2, -0.15) is 0 Å². The van der Waals surface area contributed by atoms with Crippen LogP contribution in [0.3, 0.4) is 0 Å². The van der Waals surface area contributed by atoms with E-state index in [1.54, 1.807) is 26.0 Å². The standard InChI is InChI=1S/C12H15NO2/c1-12(2,15)6-8-7-13-11-5-9(14)3-4-10(8)11/h3-5,7,13-15H,6H2,1-2H3. The van der Waals surface area contributed by atoms with E-state index in [1.165, 1.54) is 0 Å². The fourth-order valence-electron chi connectivity index (χ4n) is 1.79. The van der Waals surface area contributed by atoms with Crippen molar-refractivity contribution in [2.24, 2.45) is 0 Å². The molecule has 0 atom stereocenters. The van der Waals surface area contributed by atoms with Crippen molar-refractivity contribution in [1.82, 2.24) is 4.98 Å². The molecule has 3 N–H and O–H groups in total. The monoisotopic (exact) mass is 205 g/mol. The van der Waals surface area contributed by atoms with Crippen molar-refractivity contribution in [2.75, 3.05) is 0 Å². The van der Waals surface area contributed by atoms with E-state index in [0.29, 0.717) is 6.42 Å². The van der Waals surface area contributed by atoms with E-state index in [0.717, 1.165) is 16.5 Å². The zero-order valence-electron chi connectivity index (χ0n) is 8.91. The summed E-state index contributed by atoms with van der Waals surface area (Å²) in [5.74, 6) is 0.249. The molecule has 0 aliphatic heterocycles. The van der Waals surface area contributed by atoms with Crippen LogP contribution in [0, 0.1) is 0 Å². The molecule has 0 radical (unpaired) electrons. The normalized spacial score (nSPS) is 12.2. The predicted molar refractivity (Wildman–Crippen MR) is 60.0 cm³/mol. The minimum Gasteiger partial charge on any atom is -0.508 e. The van der Waals surface area contributed by atoms with Crippen molar-refractivity contribution < 1.29 is 10.2 Å². The van der Waals surface area contributed by atoms with Crippen LogP contribution in [0.1, 0.15) is 19.4 Å². The Morgan fingerprint density at radius 3 is 2.73 bits per heavy atom. The molecule has 0 spiro atoms. The van der Waals surface area contributed by atoms with Gasteiger partial charge in [-0.05, 0) is 31.5 Å². The van der Waals surface area contributed by atoms with Crippen molar-refractivity contribution in [1.29, 1.82) is 0 Å². The Balaban J connectivity index is 2.45. The van der Waals surface area contributed by atoms with Gasteiger partial charge in [0.25, 0.3) is 0 Å². The Labute approximate surface area is 88.4 Å². The molecule has 2 rings (SSSR count). The molecule has 3 nitrogen and oxygen atoms in total. The van der Waals surface area contributed by atoms with Gasteiger partial charge in [-0.15, -0.1) is 0 Å². The lowest BCUT2D eigenvalue weighted by Gasteiger charge is -2.15. The Bertz CT molecular complexity index is 480. The Hall–Kier alpha value is -1.48. The van der Waals surface area contributed by atoms with Crippen LogP contribution < -0.4 is 0 Å². The summed E-state index contributed by atoms with van der Waals surface area (Å²) < 4.78 is 0. The first-order chi connectivity index (χ1) is 6.96. The SMILES string of the molecule is CC(C)(O)Cc1c[nH]c2cc(O)ccc12. The van der Waals surface area contributed by atoms with Crippen LogP contribution in [-0.2, 0) is 6.42 Å². The molecule has 80 valence electrons. The zero-order valence-corrected chi connectivity index (χ0v) is 8.91. The number of aromatic amines is 1. The third-order valence-electron chi connectivity index (χ3n) is 2.37. The molecule has 0 saturated heterocycles. The molecule has 0 saturated carbocycles.